The second kappa shape index (κ2) is 7.62. The molecule has 0 atom stereocenters. The second-order valence-electron chi connectivity index (χ2n) is 4.50. The summed E-state index contributed by atoms with van der Waals surface area (Å²) in [6, 6.07) is 0. The van der Waals surface area contributed by atoms with Crippen molar-refractivity contribution in [3.63, 3.8) is 0 Å². The van der Waals surface area contributed by atoms with Crippen LogP contribution in [0.2, 0.25) is 0 Å². The Morgan fingerprint density at radius 3 is 2.60 bits per heavy atom. The Hall–Kier alpha value is -1.92. The zero-order valence-corrected chi connectivity index (χ0v) is 12.2. The molecule has 7 nitrogen and oxygen atoms in total. The van der Waals surface area contributed by atoms with Crippen molar-refractivity contribution in [1.29, 1.82) is 0 Å². The summed E-state index contributed by atoms with van der Waals surface area (Å²) < 4.78 is 4.86. The molecule has 0 aromatic heterocycles. The Morgan fingerprint density at radius 1 is 1.35 bits per heavy atom. The summed E-state index contributed by atoms with van der Waals surface area (Å²) in [5.74, 6) is -0.858. The Bertz CT molecular complexity index is 420. The van der Waals surface area contributed by atoms with E-state index >= 15 is 0 Å². The summed E-state index contributed by atoms with van der Waals surface area (Å²) in [7, 11) is 1.52. The van der Waals surface area contributed by atoms with Crippen molar-refractivity contribution < 1.29 is 19.1 Å². The molecule has 1 rings (SSSR count). The highest BCUT2D eigenvalue weighted by molar-refractivity contribution is 6.39. The van der Waals surface area contributed by atoms with Crippen molar-refractivity contribution in [2.45, 2.75) is 33.1 Å². The van der Waals surface area contributed by atoms with Gasteiger partial charge in [-0.15, -0.1) is 0 Å². The van der Waals surface area contributed by atoms with E-state index in [-0.39, 0.29) is 31.4 Å². The zero-order valence-electron chi connectivity index (χ0n) is 12.2. The fourth-order valence-corrected chi connectivity index (χ4v) is 1.89. The highest BCUT2D eigenvalue weighted by atomic mass is 16.5. The largest absolute Gasteiger partial charge is 0.465 e. The third-order valence-electron chi connectivity index (χ3n) is 2.86. The highest BCUT2D eigenvalue weighted by Gasteiger charge is 2.26. The van der Waals surface area contributed by atoms with E-state index in [2.05, 4.69) is 5.10 Å². The van der Waals surface area contributed by atoms with E-state index in [1.807, 2.05) is 6.92 Å². The van der Waals surface area contributed by atoms with Gasteiger partial charge in [0.25, 0.3) is 5.91 Å². The minimum Gasteiger partial charge on any atom is -0.465 e. The summed E-state index contributed by atoms with van der Waals surface area (Å²) in [6.07, 6.45) is 1.30. The molecule has 0 aromatic rings. The predicted molar refractivity (Wildman–Crippen MR) is 72.9 cm³/mol. The fraction of sp³-hybridized carbons (Fsp3) is 0.692. The van der Waals surface area contributed by atoms with Gasteiger partial charge in [-0.05, 0) is 13.3 Å². The minimum atomic E-state index is -0.435. The molecule has 0 N–H and O–H groups in total. The average Bonchev–Trinajstić information content (AvgIpc) is 2.41. The Morgan fingerprint density at radius 2 is 2.05 bits per heavy atom. The van der Waals surface area contributed by atoms with E-state index < -0.39 is 5.97 Å². The number of hydrogen-bond acceptors (Lipinski definition) is 5. The first-order valence-corrected chi connectivity index (χ1v) is 6.78. The molecule has 0 unspecified atom stereocenters. The number of carbonyl (C=O) groups is 3. The lowest BCUT2D eigenvalue weighted by molar-refractivity contribution is -0.147. The molecule has 0 saturated heterocycles. The van der Waals surface area contributed by atoms with Gasteiger partial charge >= 0.3 is 5.97 Å². The lowest BCUT2D eigenvalue weighted by atomic mass is 10.1. The van der Waals surface area contributed by atoms with Crippen LogP contribution in [0, 0.1) is 0 Å². The molecule has 1 aliphatic rings. The van der Waals surface area contributed by atoms with Crippen LogP contribution in [0.3, 0.4) is 0 Å². The molecular formula is C13H21N3O4. The van der Waals surface area contributed by atoms with E-state index in [4.69, 9.17) is 4.74 Å². The Balaban J connectivity index is 2.76. The van der Waals surface area contributed by atoms with Crippen LogP contribution >= 0.6 is 0 Å². The van der Waals surface area contributed by atoms with Crippen LogP contribution in [0.15, 0.2) is 5.10 Å². The van der Waals surface area contributed by atoms with Gasteiger partial charge in [0.2, 0.25) is 5.91 Å². The SMILES string of the molecule is CCCN(CC(=O)OCC)C(=O)C1=NN(C)C(=O)CC1. The lowest BCUT2D eigenvalue weighted by Gasteiger charge is -2.25. The number of ether oxygens (including phenoxy) is 1. The lowest BCUT2D eigenvalue weighted by Crippen LogP contribution is -2.43. The molecule has 0 bridgehead atoms. The standard InChI is InChI=1S/C13H21N3O4/c1-4-8-16(9-12(18)20-5-2)13(19)10-6-7-11(17)15(3)14-10/h4-9H2,1-3H3. The van der Waals surface area contributed by atoms with Crippen LogP contribution in [0.25, 0.3) is 0 Å². The molecule has 20 heavy (non-hydrogen) atoms. The minimum absolute atomic E-state index is 0.0861. The molecule has 112 valence electrons. The van der Waals surface area contributed by atoms with Crippen molar-refractivity contribution >= 4 is 23.5 Å². The predicted octanol–water partition coefficient (Wildman–Crippen LogP) is 0.396. The van der Waals surface area contributed by atoms with Crippen LogP contribution < -0.4 is 0 Å². The number of hydrazone groups is 1. The number of carbonyl (C=O) groups excluding carboxylic acids is 3. The van der Waals surface area contributed by atoms with Crippen LogP contribution in [0.4, 0.5) is 0 Å². The number of nitrogens with zero attached hydrogens (tertiary/aromatic N) is 3. The van der Waals surface area contributed by atoms with Gasteiger partial charge < -0.3 is 9.64 Å². The van der Waals surface area contributed by atoms with Gasteiger partial charge in [-0.2, -0.15) is 5.10 Å². The molecule has 0 spiro atoms. The van der Waals surface area contributed by atoms with E-state index in [0.717, 1.165) is 6.42 Å². The summed E-state index contributed by atoms with van der Waals surface area (Å²) in [6.45, 7) is 4.29. The van der Waals surface area contributed by atoms with Gasteiger partial charge in [-0.3, -0.25) is 14.4 Å². The van der Waals surface area contributed by atoms with Gasteiger partial charge in [0.1, 0.15) is 12.3 Å². The Labute approximate surface area is 118 Å². The smallest absolute Gasteiger partial charge is 0.325 e. The topological polar surface area (TPSA) is 79.3 Å². The first kappa shape index (κ1) is 16.1. The van der Waals surface area contributed by atoms with Gasteiger partial charge in [0, 0.05) is 26.4 Å². The highest BCUT2D eigenvalue weighted by Crippen LogP contribution is 2.10. The molecular weight excluding hydrogens is 262 g/mol. The molecule has 0 saturated carbocycles. The van der Waals surface area contributed by atoms with E-state index in [1.54, 1.807) is 6.92 Å². The molecule has 0 fully saturated rings. The van der Waals surface area contributed by atoms with Crippen LogP contribution in [-0.2, 0) is 19.1 Å². The van der Waals surface area contributed by atoms with Crippen LogP contribution in [0.5, 0.6) is 0 Å². The third kappa shape index (κ3) is 4.32. The van der Waals surface area contributed by atoms with E-state index in [1.165, 1.54) is 17.0 Å². The summed E-state index contributed by atoms with van der Waals surface area (Å²) >= 11 is 0. The van der Waals surface area contributed by atoms with Crippen LogP contribution in [0.1, 0.15) is 33.1 Å². The van der Waals surface area contributed by atoms with Gasteiger partial charge in [0.05, 0.1) is 6.61 Å². The second-order valence-corrected chi connectivity index (χ2v) is 4.50. The molecule has 2 amide bonds. The maximum Gasteiger partial charge on any atom is 0.325 e. The molecule has 7 heteroatoms. The molecule has 0 aromatic carbocycles. The number of hydrogen-bond donors (Lipinski definition) is 0. The molecule has 1 heterocycles. The average molecular weight is 283 g/mol. The number of rotatable bonds is 6. The molecule has 0 radical (unpaired) electrons. The van der Waals surface area contributed by atoms with Gasteiger partial charge in [-0.25, -0.2) is 5.01 Å². The maximum absolute atomic E-state index is 12.3. The van der Waals surface area contributed by atoms with Gasteiger partial charge in [-0.1, -0.05) is 6.92 Å². The first-order valence-electron chi connectivity index (χ1n) is 6.78. The summed E-state index contributed by atoms with van der Waals surface area (Å²) in [4.78, 5) is 36.6. The normalized spacial score (nSPS) is 14.8. The quantitative estimate of drug-likeness (QED) is 0.661. The third-order valence-corrected chi connectivity index (χ3v) is 2.86. The Kier molecular flexibility index (Phi) is 6.14. The van der Waals surface area contributed by atoms with Crippen molar-refractivity contribution in [2.75, 3.05) is 26.7 Å². The van der Waals surface area contributed by atoms with Crippen molar-refractivity contribution in [1.82, 2.24) is 9.91 Å². The molecule has 1 aliphatic heterocycles. The monoisotopic (exact) mass is 283 g/mol. The van der Waals surface area contributed by atoms with Crippen molar-refractivity contribution in [2.24, 2.45) is 5.10 Å². The summed E-state index contributed by atoms with van der Waals surface area (Å²) in [5, 5.41) is 5.15. The van der Waals surface area contributed by atoms with Crippen LogP contribution in [-0.4, -0.2) is 60.1 Å². The van der Waals surface area contributed by atoms with Crippen molar-refractivity contribution in [3.8, 4) is 0 Å². The van der Waals surface area contributed by atoms with Gasteiger partial charge in [0.15, 0.2) is 0 Å². The fourth-order valence-electron chi connectivity index (χ4n) is 1.89. The zero-order chi connectivity index (χ0) is 15.1. The van der Waals surface area contributed by atoms with E-state index in [0.29, 0.717) is 18.7 Å². The summed E-state index contributed by atoms with van der Waals surface area (Å²) in [5.41, 5.74) is 0.310. The molecule has 0 aliphatic carbocycles. The first-order chi connectivity index (χ1) is 9.49. The number of esters is 1. The van der Waals surface area contributed by atoms with E-state index in [9.17, 15) is 14.4 Å². The maximum atomic E-state index is 12.3. The number of amides is 2. The van der Waals surface area contributed by atoms with Crippen molar-refractivity contribution in [3.05, 3.63) is 0 Å².